The van der Waals surface area contributed by atoms with Gasteiger partial charge < -0.3 is 10.1 Å². The molecule has 2 heteroatoms. The minimum atomic E-state index is 0.674. The van der Waals surface area contributed by atoms with Crippen molar-refractivity contribution in [1.82, 2.24) is 5.32 Å². The molecule has 0 bridgehead atoms. The largest absolute Gasteiger partial charge is 0.493 e. The predicted octanol–water partition coefficient (Wildman–Crippen LogP) is 4.56. The third kappa shape index (κ3) is 7.34. The van der Waals surface area contributed by atoms with Crippen LogP contribution in [0, 0.1) is 5.92 Å². The average molecular weight is 275 g/mol. The van der Waals surface area contributed by atoms with E-state index in [0.29, 0.717) is 5.92 Å². The lowest BCUT2D eigenvalue weighted by Gasteiger charge is -2.13. The van der Waals surface area contributed by atoms with Crippen LogP contribution in [0.1, 0.15) is 45.1 Å². The Kier molecular flexibility index (Phi) is 8.81. The van der Waals surface area contributed by atoms with Gasteiger partial charge in [-0.3, -0.25) is 0 Å². The Bertz CT molecular complexity index is 373. The van der Waals surface area contributed by atoms with Crippen molar-refractivity contribution in [3.63, 3.8) is 0 Å². The molecule has 2 nitrogen and oxygen atoms in total. The number of rotatable bonds is 11. The van der Waals surface area contributed by atoms with Gasteiger partial charge in [0, 0.05) is 12.1 Å². The minimum absolute atomic E-state index is 0.674. The lowest BCUT2D eigenvalue weighted by molar-refractivity contribution is 0.301. The summed E-state index contributed by atoms with van der Waals surface area (Å²) < 4.78 is 5.91. The van der Waals surface area contributed by atoms with E-state index < -0.39 is 0 Å². The number of benzene rings is 1. The van der Waals surface area contributed by atoms with Gasteiger partial charge in [-0.25, -0.2) is 0 Å². The number of ether oxygens (including phenoxy) is 1. The monoisotopic (exact) mass is 275 g/mol. The zero-order valence-corrected chi connectivity index (χ0v) is 13.0. The summed E-state index contributed by atoms with van der Waals surface area (Å²) in [5.41, 5.74) is 1.25. The highest BCUT2D eigenvalue weighted by Crippen LogP contribution is 2.18. The Morgan fingerprint density at radius 1 is 1.20 bits per heavy atom. The van der Waals surface area contributed by atoms with Crippen LogP contribution < -0.4 is 10.1 Å². The van der Waals surface area contributed by atoms with E-state index >= 15 is 0 Å². The SMILES string of the molecule is C=CCCCCCOc1ccccc1CNCC(C)C. The van der Waals surface area contributed by atoms with E-state index in [1.807, 2.05) is 12.1 Å². The van der Waals surface area contributed by atoms with Gasteiger partial charge in [0.15, 0.2) is 0 Å². The van der Waals surface area contributed by atoms with Gasteiger partial charge in [-0.05, 0) is 44.2 Å². The fourth-order valence-electron chi connectivity index (χ4n) is 2.04. The van der Waals surface area contributed by atoms with Crippen molar-refractivity contribution in [2.45, 2.75) is 46.1 Å². The van der Waals surface area contributed by atoms with Crippen molar-refractivity contribution < 1.29 is 4.74 Å². The topological polar surface area (TPSA) is 21.3 Å². The van der Waals surface area contributed by atoms with E-state index in [1.165, 1.54) is 18.4 Å². The summed E-state index contributed by atoms with van der Waals surface area (Å²) in [6.45, 7) is 10.9. The molecule has 0 atom stereocenters. The molecule has 1 N–H and O–H groups in total. The Morgan fingerprint density at radius 2 is 2.00 bits per heavy atom. The van der Waals surface area contributed by atoms with Crippen molar-refractivity contribution in [2.24, 2.45) is 5.92 Å². The van der Waals surface area contributed by atoms with Gasteiger partial charge in [0.25, 0.3) is 0 Å². The van der Waals surface area contributed by atoms with Gasteiger partial charge in [-0.1, -0.05) is 38.1 Å². The van der Waals surface area contributed by atoms with E-state index in [4.69, 9.17) is 4.74 Å². The first-order valence-corrected chi connectivity index (χ1v) is 7.76. The summed E-state index contributed by atoms with van der Waals surface area (Å²) in [6.07, 6.45) is 6.62. The van der Waals surface area contributed by atoms with E-state index in [9.17, 15) is 0 Å². The molecule has 0 spiro atoms. The fourth-order valence-corrected chi connectivity index (χ4v) is 2.04. The summed E-state index contributed by atoms with van der Waals surface area (Å²) in [7, 11) is 0. The van der Waals surface area contributed by atoms with Gasteiger partial charge in [-0.2, -0.15) is 0 Å². The molecule has 0 saturated carbocycles. The predicted molar refractivity (Wildman–Crippen MR) is 87.1 cm³/mol. The van der Waals surface area contributed by atoms with Gasteiger partial charge in [0.05, 0.1) is 6.61 Å². The van der Waals surface area contributed by atoms with Crippen LogP contribution in [0.4, 0.5) is 0 Å². The van der Waals surface area contributed by atoms with Crippen molar-refractivity contribution in [1.29, 1.82) is 0 Å². The molecule has 0 radical (unpaired) electrons. The Labute approximate surface area is 124 Å². The van der Waals surface area contributed by atoms with E-state index in [1.54, 1.807) is 0 Å². The molecule has 1 aromatic rings. The van der Waals surface area contributed by atoms with Crippen LogP contribution in [0.5, 0.6) is 5.75 Å². The maximum atomic E-state index is 5.91. The quantitative estimate of drug-likeness (QED) is 0.472. The van der Waals surface area contributed by atoms with Gasteiger partial charge in [0.2, 0.25) is 0 Å². The molecule has 112 valence electrons. The zero-order chi connectivity index (χ0) is 14.6. The van der Waals surface area contributed by atoms with Crippen molar-refractivity contribution >= 4 is 0 Å². The zero-order valence-electron chi connectivity index (χ0n) is 13.0. The van der Waals surface area contributed by atoms with Crippen molar-refractivity contribution in [2.75, 3.05) is 13.2 Å². The molecular formula is C18H29NO. The second-order valence-electron chi connectivity index (χ2n) is 5.62. The second kappa shape index (κ2) is 10.5. The highest BCUT2D eigenvalue weighted by atomic mass is 16.5. The Balaban J connectivity index is 2.31. The molecule has 0 heterocycles. The van der Waals surface area contributed by atoms with Crippen LogP contribution in [-0.2, 0) is 6.54 Å². The number of nitrogens with one attached hydrogen (secondary N) is 1. The third-order valence-electron chi connectivity index (χ3n) is 3.15. The van der Waals surface area contributed by atoms with Gasteiger partial charge >= 0.3 is 0 Å². The molecule has 0 aliphatic carbocycles. The van der Waals surface area contributed by atoms with Crippen LogP contribution in [0.25, 0.3) is 0 Å². The number of hydrogen-bond donors (Lipinski definition) is 1. The minimum Gasteiger partial charge on any atom is -0.493 e. The maximum Gasteiger partial charge on any atom is 0.123 e. The second-order valence-corrected chi connectivity index (χ2v) is 5.62. The Hall–Kier alpha value is -1.28. The lowest BCUT2D eigenvalue weighted by atomic mass is 10.1. The first-order chi connectivity index (χ1) is 9.74. The van der Waals surface area contributed by atoms with Crippen LogP contribution in [0.15, 0.2) is 36.9 Å². The molecule has 0 saturated heterocycles. The number of para-hydroxylation sites is 1. The van der Waals surface area contributed by atoms with Crippen LogP contribution in [-0.4, -0.2) is 13.2 Å². The normalized spacial score (nSPS) is 10.8. The van der Waals surface area contributed by atoms with Crippen LogP contribution >= 0.6 is 0 Å². The maximum absolute atomic E-state index is 5.91. The van der Waals surface area contributed by atoms with E-state index in [2.05, 4.69) is 43.9 Å². The molecular weight excluding hydrogens is 246 g/mol. The fraction of sp³-hybridized carbons (Fsp3) is 0.556. The van der Waals surface area contributed by atoms with Crippen LogP contribution in [0.2, 0.25) is 0 Å². The number of unbranched alkanes of at least 4 members (excludes halogenated alkanes) is 3. The van der Waals surface area contributed by atoms with Gasteiger partial charge in [-0.15, -0.1) is 6.58 Å². The summed E-state index contributed by atoms with van der Waals surface area (Å²) in [4.78, 5) is 0. The van der Waals surface area contributed by atoms with Crippen molar-refractivity contribution in [3.05, 3.63) is 42.5 Å². The molecule has 0 amide bonds. The summed E-state index contributed by atoms with van der Waals surface area (Å²) in [6, 6.07) is 8.32. The highest BCUT2D eigenvalue weighted by molar-refractivity contribution is 5.33. The summed E-state index contributed by atoms with van der Waals surface area (Å²) >= 11 is 0. The highest BCUT2D eigenvalue weighted by Gasteiger charge is 2.03. The molecule has 20 heavy (non-hydrogen) atoms. The molecule has 0 aromatic heterocycles. The molecule has 0 aliphatic rings. The van der Waals surface area contributed by atoms with Crippen molar-refractivity contribution in [3.8, 4) is 5.75 Å². The van der Waals surface area contributed by atoms with Gasteiger partial charge in [0.1, 0.15) is 5.75 Å². The first-order valence-electron chi connectivity index (χ1n) is 7.76. The summed E-state index contributed by atoms with van der Waals surface area (Å²) in [5.74, 6) is 1.69. The molecule has 0 aliphatic heterocycles. The Morgan fingerprint density at radius 3 is 2.75 bits per heavy atom. The molecule has 1 rings (SSSR count). The van der Waals surface area contributed by atoms with Crippen LogP contribution in [0.3, 0.4) is 0 Å². The molecule has 0 fully saturated rings. The smallest absolute Gasteiger partial charge is 0.123 e. The average Bonchev–Trinajstić information content (AvgIpc) is 2.44. The first kappa shape index (κ1) is 16.8. The molecule has 1 aromatic carbocycles. The van der Waals surface area contributed by atoms with E-state index in [-0.39, 0.29) is 0 Å². The standard InChI is InChI=1S/C18H29NO/c1-4-5-6-7-10-13-20-18-12-9-8-11-17(18)15-19-14-16(2)3/h4,8-9,11-12,16,19H,1,5-7,10,13-15H2,2-3H3. The number of hydrogen-bond acceptors (Lipinski definition) is 2. The number of allylic oxidation sites excluding steroid dienone is 1. The summed E-state index contributed by atoms with van der Waals surface area (Å²) in [5, 5.41) is 3.47. The molecule has 0 unspecified atom stereocenters. The lowest BCUT2D eigenvalue weighted by Crippen LogP contribution is -2.19. The van der Waals surface area contributed by atoms with E-state index in [0.717, 1.165) is 38.3 Å². The third-order valence-corrected chi connectivity index (χ3v) is 3.15.